The number of nitrogens with zero attached hydrogens (tertiary/aromatic N) is 1. The number of hydrogen-bond acceptors (Lipinski definition) is 3. The number of likely N-dealkylation sites (N-methyl/N-ethyl adjacent to an activating group) is 2. The molecule has 5 nitrogen and oxygen atoms in total. The van der Waals surface area contributed by atoms with Gasteiger partial charge in [-0.15, -0.1) is 0 Å². The van der Waals surface area contributed by atoms with Crippen LogP contribution in [-0.2, 0) is 20.2 Å². The van der Waals surface area contributed by atoms with E-state index in [2.05, 4.69) is 35.7 Å². The highest BCUT2D eigenvalue weighted by Gasteiger charge is 2.39. The number of carbonyl (C=O) groups excluding carboxylic acids is 1. The van der Waals surface area contributed by atoms with Gasteiger partial charge < -0.3 is 5.32 Å². The van der Waals surface area contributed by atoms with Gasteiger partial charge in [-0.1, -0.05) is 90.5 Å². The Morgan fingerprint density at radius 3 is 2.18 bits per heavy atom. The summed E-state index contributed by atoms with van der Waals surface area (Å²) in [6, 6.07) is 28.9. The Kier molecular flexibility index (Phi) is 9.18. The number of amides is 1. The summed E-state index contributed by atoms with van der Waals surface area (Å²) in [5, 5.41) is 2.91. The molecule has 38 heavy (non-hydrogen) atoms. The lowest BCUT2D eigenvalue weighted by molar-refractivity contribution is -0.126. The largest absolute Gasteiger partial charge is 0.358 e. The molecule has 0 heterocycles. The predicted molar refractivity (Wildman–Crippen MR) is 156 cm³/mol. The Bertz CT molecular complexity index is 1330. The van der Waals surface area contributed by atoms with Crippen molar-refractivity contribution in [3.8, 4) is 0 Å². The fourth-order valence-corrected chi connectivity index (χ4v) is 6.86. The molecule has 2 atom stereocenters. The van der Waals surface area contributed by atoms with Crippen molar-refractivity contribution in [1.29, 1.82) is 0 Å². The van der Waals surface area contributed by atoms with Gasteiger partial charge in [0.2, 0.25) is 15.9 Å². The van der Waals surface area contributed by atoms with E-state index < -0.39 is 15.4 Å². The van der Waals surface area contributed by atoms with Crippen LogP contribution in [0.5, 0.6) is 0 Å². The molecule has 0 saturated heterocycles. The Balaban J connectivity index is 0.00000420. The highest BCUT2D eigenvalue weighted by molar-refractivity contribution is 7.89. The number of allylic oxidation sites excluding steroid dienone is 2. The van der Waals surface area contributed by atoms with Crippen molar-refractivity contribution in [2.24, 2.45) is 0 Å². The Morgan fingerprint density at radius 1 is 0.947 bits per heavy atom. The molecule has 3 aromatic rings. The molecule has 0 aliphatic heterocycles. The Morgan fingerprint density at radius 2 is 1.55 bits per heavy atom. The van der Waals surface area contributed by atoms with Crippen LogP contribution in [0.15, 0.2) is 108 Å². The van der Waals surface area contributed by atoms with Gasteiger partial charge in [0.25, 0.3) is 0 Å². The average molecular weight is 533 g/mol. The molecule has 3 aromatic carbocycles. The van der Waals surface area contributed by atoms with Crippen molar-refractivity contribution < 1.29 is 14.6 Å². The maximum atomic E-state index is 13.2. The summed E-state index contributed by atoms with van der Waals surface area (Å²) in [5.41, 5.74) is 3.03. The molecule has 0 bridgehead atoms. The second kappa shape index (κ2) is 12.5. The number of sulfonamides is 1. The minimum atomic E-state index is -3.58. The topological polar surface area (TPSA) is 66.5 Å². The molecular weight excluding hydrogens is 492 g/mol. The molecule has 0 fully saturated rings. The molecule has 1 aliphatic rings. The van der Waals surface area contributed by atoms with E-state index in [1.54, 1.807) is 38.4 Å². The molecule has 1 N–H and O–H groups in total. The van der Waals surface area contributed by atoms with Gasteiger partial charge in [-0.3, -0.25) is 4.79 Å². The van der Waals surface area contributed by atoms with Crippen molar-refractivity contribution in [1.82, 2.24) is 9.62 Å². The SMILES string of the molecule is CNC(=O)C1(c2ccccc2)CCC=C(CCC(CN(C)S(=O)(=O)c2ccccc2)c2ccccc2)CC1.[HH]. The first-order valence-electron chi connectivity index (χ1n) is 13.4. The molecule has 0 spiro atoms. The summed E-state index contributed by atoms with van der Waals surface area (Å²) in [5.74, 6) is 0.134. The maximum Gasteiger partial charge on any atom is 0.242 e. The molecule has 1 amide bonds. The minimum absolute atomic E-state index is 0. The van der Waals surface area contributed by atoms with E-state index >= 15 is 0 Å². The Hall–Kier alpha value is -3.22. The van der Waals surface area contributed by atoms with Crippen LogP contribution in [0.4, 0.5) is 0 Å². The van der Waals surface area contributed by atoms with Gasteiger partial charge in [-0.25, -0.2) is 12.7 Å². The van der Waals surface area contributed by atoms with Crippen LogP contribution < -0.4 is 5.32 Å². The first kappa shape index (κ1) is 27.8. The second-order valence-electron chi connectivity index (χ2n) is 10.2. The van der Waals surface area contributed by atoms with E-state index in [0.717, 1.165) is 49.7 Å². The van der Waals surface area contributed by atoms with Crippen LogP contribution in [0.3, 0.4) is 0 Å². The number of rotatable bonds is 10. The lowest BCUT2D eigenvalue weighted by Gasteiger charge is -2.31. The fourth-order valence-electron chi connectivity index (χ4n) is 5.62. The zero-order valence-electron chi connectivity index (χ0n) is 22.3. The van der Waals surface area contributed by atoms with Gasteiger partial charge in [0.1, 0.15) is 0 Å². The highest BCUT2D eigenvalue weighted by Crippen LogP contribution is 2.40. The van der Waals surface area contributed by atoms with Crippen LogP contribution in [0.2, 0.25) is 0 Å². The summed E-state index contributed by atoms with van der Waals surface area (Å²) < 4.78 is 27.9. The van der Waals surface area contributed by atoms with Crippen LogP contribution in [0.25, 0.3) is 0 Å². The number of nitrogens with one attached hydrogen (secondary N) is 1. The smallest absolute Gasteiger partial charge is 0.242 e. The molecule has 0 radical (unpaired) electrons. The number of carbonyl (C=O) groups is 1. The molecule has 2 unspecified atom stereocenters. The van der Waals surface area contributed by atoms with E-state index in [0.29, 0.717) is 11.4 Å². The summed E-state index contributed by atoms with van der Waals surface area (Å²) in [4.78, 5) is 13.4. The van der Waals surface area contributed by atoms with E-state index in [4.69, 9.17) is 0 Å². The molecule has 1 aliphatic carbocycles. The number of benzene rings is 3. The minimum Gasteiger partial charge on any atom is -0.358 e. The van der Waals surface area contributed by atoms with Crippen molar-refractivity contribution in [3.63, 3.8) is 0 Å². The van der Waals surface area contributed by atoms with Crippen LogP contribution in [0, 0.1) is 0 Å². The zero-order valence-corrected chi connectivity index (χ0v) is 23.2. The molecule has 6 heteroatoms. The molecule has 4 rings (SSSR count). The summed E-state index contributed by atoms with van der Waals surface area (Å²) in [6.45, 7) is 0.403. The van der Waals surface area contributed by atoms with E-state index in [-0.39, 0.29) is 13.3 Å². The van der Waals surface area contributed by atoms with Gasteiger partial charge in [0.15, 0.2) is 0 Å². The maximum absolute atomic E-state index is 13.2. The molecular formula is C32H40N2O3S. The predicted octanol–water partition coefficient (Wildman–Crippen LogP) is 6.30. The average Bonchev–Trinajstić information content (AvgIpc) is 3.19. The highest BCUT2D eigenvalue weighted by atomic mass is 32.2. The second-order valence-corrected chi connectivity index (χ2v) is 12.2. The molecule has 202 valence electrons. The van der Waals surface area contributed by atoms with E-state index in [9.17, 15) is 13.2 Å². The van der Waals surface area contributed by atoms with E-state index in [1.165, 1.54) is 9.88 Å². The third-order valence-electron chi connectivity index (χ3n) is 7.88. The lowest BCUT2D eigenvalue weighted by atomic mass is 9.73. The van der Waals surface area contributed by atoms with Crippen LogP contribution >= 0.6 is 0 Å². The van der Waals surface area contributed by atoms with Crippen molar-refractivity contribution >= 4 is 15.9 Å². The fraction of sp³-hybridized carbons (Fsp3) is 0.344. The molecule has 0 aromatic heterocycles. The monoisotopic (exact) mass is 532 g/mol. The zero-order chi connectivity index (χ0) is 27.0. The Labute approximate surface area is 229 Å². The van der Waals surface area contributed by atoms with Gasteiger partial charge in [0.05, 0.1) is 10.3 Å². The first-order valence-corrected chi connectivity index (χ1v) is 14.8. The van der Waals surface area contributed by atoms with Crippen LogP contribution in [-0.4, -0.2) is 39.3 Å². The van der Waals surface area contributed by atoms with Crippen LogP contribution in [0.1, 0.15) is 57.0 Å². The van der Waals surface area contributed by atoms with Crippen molar-refractivity contribution in [3.05, 3.63) is 114 Å². The van der Waals surface area contributed by atoms with Gasteiger partial charge in [-0.2, -0.15) is 0 Å². The quantitative estimate of drug-likeness (QED) is 0.312. The number of hydrogen-bond donors (Lipinski definition) is 1. The molecule has 0 saturated carbocycles. The lowest BCUT2D eigenvalue weighted by Crippen LogP contribution is -2.42. The van der Waals surface area contributed by atoms with E-state index in [1.807, 2.05) is 42.5 Å². The van der Waals surface area contributed by atoms with Crippen molar-refractivity contribution in [2.45, 2.75) is 54.8 Å². The van der Waals surface area contributed by atoms with Gasteiger partial charge in [0, 0.05) is 22.1 Å². The normalized spacial score (nSPS) is 18.9. The first-order chi connectivity index (χ1) is 18.4. The summed E-state index contributed by atoms with van der Waals surface area (Å²) in [6.07, 6.45) is 7.25. The van der Waals surface area contributed by atoms with Gasteiger partial charge in [-0.05, 0) is 67.7 Å². The third kappa shape index (κ3) is 6.25. The standard InChI is InChI=1S/C32H38N2O3S.H2/c1-33-31(35)32(29-16-8-4-9-17-29)23-12-13-26(22-24-32)20-21-28(27-14-6-3-7-15-27)25-34(2)38(36,37)30-18-10-5-11-19-30;/h3-11,13-19,28H,12,20-25H2,1-2H3,(H,33,35);1H. The summed E-state index contributed by atoms with van der Waals surface area (Å²) in [7, 11) is -0.189. The van der Waals surface area contributed by atoms with Crippen molar-refractivity contribution in [2.75, 3.05) is 20.6 Å². The van der Waals surface area contributed by atoms with Gasteiger partial charge >= 0.3 is 0 Å². The summed E-state index contributed by atoms with van der Waals surface area (Å²) >= 11 is 0. The third-order valence-corrected chi connectivity index (χ3v) is 9.72.